The van der Waals surface area contributed by atoms with Gasteiger partial charge in [0.25, 0.3) is 0 Å². The Balaban J connectivity index is 2.20. The first-order valence-electron chi connectivity index (χ1n) is 5.46. The van der Waals surface area contributed by atoms with Gasteiger partial charge in [-0.2, -0.15) is 0 Å². The fourth-order valence-electron chi connectivity index (χ4n) is 1.84. The van der Waals surface area contributed by atoms with Crippen LogP contribution in [0.15, 0.2) is 24.3 Å². The number of hydrogen-bond donors (Lipinski definition) is 1. The Morgan fingerprint density at radius 1 is 1.47 bits per heavy atom. The molecule has 0 spiro atoms. The van der Waals surface area contributed by atoms with E-state index in [-0.39, 0.29) is 0 Å². The molecule has 0 aliphatic heterocycles. The van der Waals surface area contributed by atoms with Crippen molar-refractivity contribution in [3.05, 3.63) is 40.2 Å². The third-order valence-corrected chi connectivity index (χ3v) is 3.06. The fraction of sp³-hybridized carbons (Fsp3) is 0.333. The zero-order chi connectivity index (χ0) is 12.4. The van der Waals surface area contributed by atoms with Gasteiger partial charge < -0.3 is 4.90 Å². The summed E-state index contributed by atoms with van der Waals surface area (Å²) < 4.78 is 2.50. The number of nitrogens with zero attached hydrogens (tertiary/aromatic N) is 3. The molecule has 2 aromatic rings. The van der Waals surface area contributed by atoms with Crippen molar-refractivity contribution in [2.24, 2.45) is 7.05 Å². The summed E-state index contributed by atoms with van der Waals surface area (Å²) in [6.07, 6.45) is 0. The van der Waals surface area contributed by atoms with Crippen LogP contribution in [0.5, 0.6) is 0 Å². The first kappa shape index (κ1) is 11.9. The number of rotatable bonds is 3. The lowest BCUT2D eigenvalue weighted by Crippen LogP contribution is -2.20. The quantitative estimate of drug-likeness (QED) is 0.848. The van der Waals surface area contributed by atoms with E-state index in [1.54, 1.807) is 0 Å². The predicted molar refractivity (Wildman–Crippen MR) is 71.7 cm³/mol. The van der Waals surface area contributed by atoms with Crippen molar-refractivity contribution in [1.29, 1.82) is 0 Å². The van der Waals surface area contributed by atoms with Gasteiger partial charge in [0.2, 0.25) is 5.95 Å². The number of aryl methyl sites for hydroxylation is 1. The number of benzene rings is 1. The minimum Gasteiger partial charge on any atom is -0.340 e. The lowest BCUT2D eigenvalue weighted by molar-refractivity contribution is 0.800. The average Bonchev–Trinajstić information content (AvgIpc) is 2.60. The molecule has 0 saturated heterocycles. The molecule has 0 amide bonds. The third kappa shape index (κ3) is 2.55. The number of hydrogen-bond acceptors (Lipinski definition) is 3. The van der Waals surface area contributed by atoms with E-state index in [4.69, 9.17) is 12.2 Å². The van der Waals surface area contributed by atoms with Gasteiger partial charge in [0.15, 0.2) is 4.77 Å². The molecule has 0 bridgehead atoms. The summed E-state index contributed by atoms with van der Waals surface area (Å²) in [5.41, 5.74) is 2.53. The molecule has 0 aliphatic rings. The van der Waals surface area contributed by atoms with Crippen LogP contribution in [0.3, 0.4) is 0 Å². The number of aromatic amines is 1. The molecule has 0 unspecified atom stereocenters. The van der Waals surface area contributed by atoms with Crippen LogP contribution in [0.1, 0.15) is 11.1 Å². The lowest BCUT2D eigenvalue weighted by Gasteiger charge is -2.17. The summed E-state index contributed by atoms with van der Waals surface area (Å²) in [4.78, 5) is 2.07. The summed E-state index contributed by atoms with van der Waals surface area (Å²) in [6, 6.07) is 8.46. The van der Waals surface area contributed by atoms with Crippen LogP contribution >= 0.6 is 12.2 Å². The Morgan fingerprint density at radius 2 is 2.24 bits per heavy atom. The molecule has 1 aromatic heterocycles. The van der Waals surface area contributed by atoms with Gasteiger partial charge in [-0.05, 0) is 24.7 Å². The van der Waals surface area contributed by atoms with E-state index in [2.05, 4.69) is 46.3 Å². The van der Waals surface area contributed by atoms with Gasteiger partial charge in [-0.3, -0.25) is 4.57 Å². The first-order chi connectivity index (χ1) is 8.08. The monoisotopic (exact) mass is 248 g/mol. The molecule has 1 N–H and O–H groups in total. The van der Waals surface area contributed by atoms with E-state index in [0.717, 1.165) is 12.5 Å². The number of nitrogens with one attached hydrogen (secondary N) is 1. The highest BCUT2D eigenvalue weighted by Gasteiger charge is 2.08. The summed E-state index contributed by atoms with van der Waals surface area (Å²) >= 11 is 5.10. The second-order valence-corrected chi connectivity index (χ2v) is 4.62. The number of H-pyrrole nitrogens is 1. The molecule has 0 atom stereocenters. The molecular formula is C12H16N4S. The van der Waals surface area contributed by atoms with Crippen LogP contribution in [0.25, 0.3) is 0 Å². The highest BCUT2D eigenvalue weighted by atomic mass is 32.1. The Morgan fingerprint density at radius 3 is 2.82 bits per heavy atom. The molecule has 1 aromatic carbocycles. The van der Waals surface area contributed by atoms with Gasteiger partial charge in [-0.25, -0.2) is 5.10 Å². The predicted octanol–water partition coefficient (Wildman–Crippen LogP) is 2.42. The Labute approximate surface area is 106 Å². The van der Waals surface area contributed by atoms with Gasteiger partial charge in [-0.15, -0.1) is 5.10 Å². The van der Waals surface area contributed by atoms with Gasteiger partial charge in [0.05, 0.1) is 0 Å². The molecule has 4 nitrogen and oxygen atoms in total. The summed E-state index contributed by atoms with van der Waals surface area (Å²) in [5, 5.41) is 6.99. The topological polar surface area (TPSA) is 36.9 Å². The summed E-state index contributed by atoms with van der Waals surface area (Å²) in [7, 11) is 3.92. The summed E-state index contributed by atoms with van der Waals surface area (Å²) in [5.74, 6) is 0.844. The summed E-state index contributed by atoms with van der Waals surface area (Å²) in [6.45, 7) is 2.91. The molecule has 0 radical (unpaired) electrons. The van der Waals surface area contributed by atoms with E-state index in [9.17, 15) is 0 Å². The van der Waals surface area contributed by atoms with Crippen LogP contribution < -0.4 is 4.90 Å². The van der Waals surface area contributed by atoms with E-state index in [0.29, 0.717) is 4.77 Å². The zero-order valence-electron chi connectivity index (χ0n) is 10.3. The van der Waals surface area contributed by atoms with Gasteiger partial charge in [-0.1, -0.05) is 29.8 Å². The van der Waals surface area contributed by atoms with Crippen molar-refractivity contribution in [3.8, 4) is 0 Å². The Kier molecular flexibility index (Phi) is 3.28. The third-order valence-electron chi connectivity index (χ3n) is 2.70. The first-order valence-corrected chi connectivity index (χ1v) is 5.87. The second-order valence-electron chi connectivity index (χ2n) is 4.23. The molecule has 5 heteroatoms. The lowest BCUT2D eigenvalue weighted by atomic mass is 10.1. The normalized spacial score (nSPS) is 10.5. The SMILES string of the molecule is Cc1cccc(CN(C)c2n[nH]c(=S)n2C)c1. The number of aromatic nitrogens is 3. The Bertz CT molecular complexity index is 570. The van der Waals surface area contributed by atoms with Crippen molar-refractivity contribution in [2.75, 3.05) is 11.9 Å². The van der Waals surface area contributed by atoms with Gasteiger partial charge in [0.1, 0.15) is 0 Å². The Hall–Kier alpha value is -1.62. The highest BCUT2D eigenvalue weighted by Crippen LogP contribution is 2.12. The fourth-order valence-corrected chi connectivity index (χ4v) is 1.96. The molecule has 1 heterocycles. The van der Waals surface area contributed by atoms with Crippen molar-refractivity contribution in [3.63, 3.8) is 0 Å². The van der Waals surface area contributed by atoms with Crippen molar-refractivity contribution in [1.82, 2.24) is 14.8 Å². The zero-order valence-corrected chi connectivity index (χ0v) is 11.1. The van der Waals surface area contributed by atoms with Crippen LogP contribution in [-0.2, 0) is 13.6 Å². The molecule has 90 valence electrons. The van der Waals surface area contributed by atoms with E-state index in [1.807, 2.05) is 18.7 Å². The molecular weight excluding hydrogens is 232 g/mol. The van der Waals surface area contributed by atoms with E-state index >= 15 is 0 Å². The standard InChI is InChI=1S/C12H16N4S/c1-9-5-4-6-10(7-9)8-15(2)11-13-14-12(17)16(11)3/h4-7H,8H2,1-3H3,(H,14,17). The molecule has 0 saturated carbocycles. The van der Waals surface area contributed by atoms with Crippen molar-refractivity contribution >= 4 is 18.2 Å². The highest BCUT2D eigenvalue weighted by molar-refractivity contribution is 7.71. The van der Waals surface area contributed by atoms with Crippen molar-refractivity contribution < 1.29 is 0 Å². The maximum atomic E-state index is 5.10. The average molecular weight is 248 g/mol. The maximum absolute atomic E-state index is 5.10. The van der Waals surface area contributed by atoms with Crippen LogP contribution in [-0.4, -0.2) is 21.8 Å². The van der Waals surface area contributed by atoms with Gasteiger partial charge >= 0.3 is 0 Å². The van der Waals surface area contributed by atoms with Crippen molar-refractivity contribution in [2.45, 2.75) is 13.5 Å². The maximum Gasteiger partial charge on any atom is 0.225 e. The largest absolute Gasteiger partial charge is 0.340 e. The minimum absolute atomic E-state index is 0.635. The van der Waals surface area contributed by atoms with Crippen LogP contribution in [0.2, 0.25) is 0 Å². The molecule has 2 rings (SSSR count). The number of anilines is 1. The van der Waals surface area contributed by atoms with E-state index < -0.39 is 0 Å². The minimum atomic E-state index is 0.635. The van der Waals surface area contributed by atoms with E-state index in [1.165, 1.54) is 11.1 Å². The van der Waals surface area contributed by atoms with Crippen LogP contribution in [0.4, 0.5) is 5.95 Å². The smallest absolute Gasteiger partial charge is 0.225 e. The second kappa shape index (κ2) is 4.71. The van der Waals surface area contributed by atoms with Gasteiger partial charge in [0, 0.05) is 20.6 Å². The molecule has 17 heavy (non-hydrogen) atoms. The van der Waals surface area contributed by atoms with Crippen LogP contribution in [0, 0.1) is 11.7 Å². The molecule has 0 fully saturated rings. The molecule has 0 aliphatic carbocycles.